The van der Waals surface area contributed by atoms with E-state index in [-0.39, 0.29) is 11.0 Å². The minimum Gasteiger partial charge on any atom is -0.399 e. The summed E-state index contributed by atoms with van der Waals surface area (Å²) in [4.78, 5) is 16.6. The number of rotatable bonds is 4. The molecule has 3 N–H and O–H groups in total. The van der Waals surface area contributed by atoms with Crippen LogP contribution in [0.15, 0.2) is 35.4 Å². The quantitative estimate of drug-likeness (QED) is 0.727. The molecule has 3 aromatic heterocycles. The van der Waals surface area contributed by atoms with E-state index in [2.05, 4.69) is 15.3 Å². The molecule has 0 bridgehead atoms. The first-order valence-corrected chi connectivity index (χ1v) is 8.07. The maximum Gasteiger partial charge on any atom is 0.258 e. The number of fused-ring (bicyclic) bond motifs is 1. The molecule has 8 nitrogen and oxygen atoms in total. The summed E-state index contributed by atoms with van der Waals surface area (Å²) < 4.78 is 3.04. The summed E-state index contributed by atoms with van der Waals surface area (Å²) in [6.45, 7) is 6.24. The zero-order valence-corrected chi connectivity index (χ0v) is 14.5. The maximum atomic E-state index is 12.2. The minimum absolute atomic E-state index is 0.177. The summed E-state index contributed by atoms with van der Waals surface area (Å²) in [5, 5.41) is 18.3. The van der Waals surface area contributed by atoms with Crippen LogP contribution in [0.3, 0.4) is 0 Å². The Balaban J connectivity index is 1.81. The number of pyridine rings is 1. The summed E-state index contributed by atoms with van der Waals surface area (Å²) in [5.41, 5.74) is 7.66. The van der Waals surface area contributed by atoms with Gasteiger partial charge >= 0.3 is 0 Å². The highest BCUT2D eigenvalue weighted by Gasteiger charge is 2.23. The van der Waals surface area contributed by atoms with Crippen LogP contribution >= 0.6 is 0 Å². The molecular formula is C17H22N6O2. The van der Waals surface area contributed by atoms with E-state index in [1.165, 1.54) is 10.5 Å². The molecule has 0 aromatic carbocycles. The predicted octanol–water partition coefficient (Wildman–Crippen LogP) is 0.866. The lowest BCUT2D eigenvalue weighted by Gasteiger charge is -2.24. The van der Waals surface area contributed by atoms with Crippen LogP contribution < -0.4 is 11.3 Å². The number of hydrogen-bond acceptors (Lipinski definition) is 6. The van der Waals surface area contributed by atoms with Crippen LogP contribution in [0.25, 0.3) is 5.65 Å². The normalized spacial score (nSPS) is 13.3. The van der Waals surface area contributed by atoms with Crippen molar-refractivity contribution < 1.29 is 5.11 Å². The molecule has 3 rings (SSSR count). The fourth-order valence-electron chi connectivity index (χ4n) is 2.43. The van der Waals surface area contributed by atoms with Gasteiger partial charge in [0.15, 0.2) is 0 Å². The number of nitrogens with zero attached hydrogens (tertiary/aromatic N) is 5. The Morgan fingerprint density at radius 3 is 2.76 bits per heavy atom. The van der Waals surface area contributed by atoms with Crippen LogP contribution in [-0.4, -0.2) is 35.6 Å². The Labute approximate surface area is 144 Å². The third kappa shape index (κ3) is 3.85. The van der Waals surface area contributed by atoms with Gasteiger partial charge in [0.2, 0.25) is 0 Å². The van der Waals surface area contributed by atoms with Gasteiger partial charge in [-0.05, 0) is 11.5 Å². The van der Waals surface area contributed by atoms with Gasteiger partial charge in [-0.2, -0.15) is 0 Å². The van der Waals surface area contributed by atoms with E-state index in [0.717, 1.165) is 0 Å². The number of nitrogens with two attached hydrogens (primary N) is 1. The van der Waals surface area contributed by atoms with Gasteiger partial charge < -0.3 is 10.8 Å². The Morgan fingerprint density at radius 1 is 1.28 bits per heavy atom. The van der Waals surface area contributed by atoms with Crippen LogP contribution in [0, 0.1) is 5.41 Å². The van der Waals surface area contributed by atoms with Crippen molar-refractivity contribution in [3.8, 4) is 0 Å². The summed E-state index contributed by atoms with van der Waals surface area (Å²) in [7, 11) is 0. The van der Waals surface area contributed by atoms with Crippen molar-refractivity contribution in [2.75, 3.05) is 5.73 Å². The highest BCUT2D eigenvalue weighted by Crippen LogP contribution is 2.21. The molecule has 0 saturated heterocycles. The van der Waals surface area contributed by atoms with Crippen molar-refractivity contribution in [3.63, 3.8) is 0 Å². The smallest absolute Gasteiger partial charge is 0.258 e. The summed E-state index contributed by atoms with van der Waals surface area (Å²) in [5.74, 6) is 0. The third-order valence-electron chi connectivity index (χ3n) is 4.06. The fourth-order valence-corrected chi connectivity index (χ4v) is 2.43. The highest BCUT2D eigenvalue weighted by atomic mass is 16.3. The van der Waals surface area contributed by atoms with E-state index in [1.807, 2.05) is 20.8 Å². The lowest BCUT2D eigenvalue weighted by Crippen LogP contribution is -2.28. The second kappa shape index (κ2) is 6.29. The summed E-state index contributed by atoms with van der Waals surface area (Å²) in [6, 6.07) is 4.77. The van der Waals surface area contributed by atoms with Crippen molar-refractivity contribution in [2.24, 2.45) is 5.41 Å². The zero-order chi connectivity index (χ0) is 18.2. The maximum absolute atomic E-state index is 12.2. The van der Waals surface area contributed by atoms with E-state index in [0.29, 0.717) is 35.7 Å². The molecular weight excluding hydrogens is 320 g/mol. The van der Waals surface area contributed by atoms with E-state index in [1.54, 1.807) is 29.2 Å². The molecule has 0 aliphatic carbocycles. The van der Waals surface area contributed by atoms with E-state index < -0.39 is 6.10 Å². The number of aliphatic hydroxyl groups is 1. The van der Waals surface area contributed by atoms with Crippen molar-refractivity contribution in [2.45, 2.75) is 39.8 Å². The fraction of sp³-hybridized carbons (Fsp3) is 0.412. The second-order valence-corrected chi connectivity index (χ2v) is 7.27. The van der Waals surface area contributed by atoms with Crippen molar-refractivity contribution in [1.29, 1.82) is 0 Å². The number of hydrogen-bond donors (Lipinski definition) is 2. The number of anilines is 1. The van der Waals surface area contributed by atoms with E-state index in [4.69, 9.17) is 5.73 Å². The van der Waals surface area contributed by atoms with Crippen LogP contribution in [0.5, 0.6) is 0 Å². The molecule has 0 radical (unpaired) electrons. The monoisotopic (exact) mass is 342 g/mol. The van der Waals surface area contributed by atoms with Gasteiger partial charge in [-0.1, -0.05) is 26.0 Å². The Bertz CT molecular complexity index is 954. The second-order valence-electron chi connectivity index (χ2n) is 7.27. The molecule has 0 amide bonds. The summed E-state index contributed by atoms with van der Waals surface area (Å²) >= 11 is 0. The van der Waals surface area contributed by atoms with E-state index >= 15 is 0 Å². The molecule has 0 aliphatic rings. The molecule has 132 valence electrons. The van der Waals surface area contributed by atoms with Crippen molar-refractivity contribution in [3.05, 3.63) is 52.3 Å². The minimum atomic E-state index is -0.510. The van der Waals surface area contributed by atoms with Gasteiger partial charge in [0.25, 0.3) is 5.56 Å². The Kier molecular flexibility index (Phi) is 4.30. The Morgan fingerprint density at radius 2 is 2.04 bits per heavy atom. The Hall–Kier alpha value is -2.74. The van der Waals surface area contributed by atoms with Gasteiger partial charge in [-0.25, -0.2) is 9.67 Å². The number of nitrogen functional groups attached to an aromatic ring is 1. The molecule has 0 fully saturated rings. The van der Waals surface area contributed by atoms with E-state index in [9.17, 15) is 9.90 Å². The standard InChI is InChI=1S/C17H22N6O2/c1-17(2,3)14(24)7-13-10-22(21-20-13)9-12-8-16(25)23-5-4-11(18)6-15(23)19-12/h4-6,8,10,14,24H,7,9,18H2,1-3H3. The first-order valence-electron chi connectivity index (χ1n) is 8.07. The van der Waals surface area contributed by atoms with Crippen LogP contribution in [0.1, 0.15) is 32.2 Å². The van der Waals surface area contributed by atoms with Gasteiger partial charge in [0.05, 0.1) is 24.0 Å². The average Bonchev–Trinajstić information content (AvgIpc) is 2.92. The molecule has 3 heterocycles. The van der Waals surface area contributed by atoms with Gasteiger partial charge in [0, 0.05) is 36.6 Å². The molecule has 0 aliphatic heterocycles. The molecule has 0 spiro atoms. The van der Waals surface area contributed by atoms with Gasteiger partial charge in [0.1, 0.15) is 5.65 Å². The lowest BCUT2D eigenvalue weighted by atomic mass is 9.87. The lowest BCUT2D eigenvalue weighted by molar-refractivity contribution is 0.0627. The SMILES string of the molecule is CC(C)(C)C(O)Cc1cn(Cc2cc(=O)n3ccc(N)cc3n2)nn1. The zero-order valence-electron chi connectivity index (χ0n) is 14.5. The summed E-state index contributed by atoms with van der Waals surface area (Å²) in [6.07, 6.45) is 3.28. The van der Waals surface area contributed by atoms with Crippen molar-refractivity contribution in [1.82, 2.24) is 24.4 Å². The third-order valence-corrected chi connectivity index (χ3v) is 4.06. The first kappa shape index (κ1) is 17.1. The first-order chi connectivity index (χ1) is 11.7. The molecule has 1 atom stereocenters. The molecule has 0 saturated carbocycles. The molecule has 3 aromatic rings. The molecule has 25 heavy (non-hydrogen) atoms. The van der Waals surface area contributed by atoms with Crippen LogP contribution in [-0.2, 0) is 13.0 Å². The van der Waals surface area contributed by atoms with Crippen LogP contribution in [0.4, 0.5) is 5.69 Å². The van der Waals surface area contributed by atoms with Gasteiger partial charge in [-0.3, -0.25) is 9.20 Å². The largest absolute Gasteiger partial charge is 0.399 e. The van der Waals surface area contributed by atoms with Crippen molar-refractivity contribution >= 4 is 11.3 Å². The van der Waals surface area contributed by atoms with Crippen LogP contribution in [0.2, 0.25) is 0 Å². The highest BCUT2D eigenvalue weighted by molar-refractivity contribution is 5.51. The topological polar surface area (TPSA) is 111 Å². The molecule has 1 unspecified atom stereocenters. The predicted molar refractivity (Wildman–Crippen MR) is 94.2 cm³/mol. The number of aliphatic hydroxyl groups excluding tert-OH is 1. The number of aromatic nitrogens is 5. The van der Waals surface area contributed by atoms with Gasteiger partial charge in [-0.15, -0.1) is 5.10 Å². The molecule has 8 heteroatoms. The average molecular weight is 342 g/mol.